The highest BCUT2D eigenvalue weighted by Crippen LogP contribution is 2.71. The molecule has 0 saturated carbocycles. The van der Waals surface area contributed by atoms with E-state index in [9.17, 15) is 9.59 Å². The van der Waals surface area contributed by atoms with Crippen molar-refractivity contribution in [2.45, 2.75) is 217 Å². The average molecular weight is 1050 g/mol. The minimum atomic E-state index is -0.342. The monoisotopic (exact) mass is 1050 g/mol. The fourth-order valence-corrected chi connectivity index (χ4v) is 19.5. The van der Waals surface area contributed by atoms with E-state index in [0.29, 0.717) is 12.8 Å². The predicted molar refractivity (Wildman–Crippen MR) is 326 cm³/mol. The zero-order valence-corrected chi connectivity index (χ0v) is 47.7. The molecule has 404 valence electrons. The number of esters is 2. The van der Waals surface area contributed by atoms with Crippen LogP contribution in [0.5, 0.6) is 0 Å². The van der Waals surface area contributed by atoms with E-state index in [1.165, 1.54) is 231 Å². The molecule has 4 heterocycles. The number of aryl methyl sites for hydroxylation is 4. The molecule has 2 saturated heterocycles. The van der Waals surface area contributed by atoms with Gasteiger partial charge in [-0.1, -0.05) is 153 Å². The van der Waals surface area contributed by atoms with Gasteiger partial charge < -0.3 is 9.47 Å². The van der Waals surface area contributed by atoms with E-state index in [4.69, 9.17) is 9.47 Å². The second-order valence-corrected chi connectivity index (χ2v) is 26.6. The van der Waals surface area contributed by atoms with Crippen molar-refractivity contribution < 1.29 is 19.1 Å². The van der Waals surface area contributed by atoms with Crippen LogP contribution in [0.2, 0.25) is 0 Å². The summed E-state index contributed by atoms with van der Waals surface area (Å²) in [6, 6.07) is 30.6. The Morgan fingerprint density at radius 1 is 0.338 bits per heavy atom. The summed E-state index contributed by atoms with van der Waals surface area (Å²) in [5.41, 5.74) is 28.1. The third kappa shape index (κ3) is 6.35. The van der Waals surface area contributed by atoms with Gasteiger partial charge in [0.2, 0.25) is 0 Å². The molecule has 8 atom stereocenters. The summed E-state index contributed by atoms with van der Waals surface area (Å²) >= 11 is 0. The molecule has 0 spiro atoms. The number of rotatable bonds is 20. The van der Waals surface area contributed by atoms with Crippen LogP contribution in [-0.2, 0) is 44.7 Å². The Balaban J connectivity index is 1.01. The summed E-state index contributed by atoms with van der Waals surface area (Å²) in [7, 11) is 0. The molecule has 4 bridgehead atoms. The first-order chi connectivity index (χ1) is 39.4. The van der Waals surface area contributed by atoms with E-state index in [-0.39, 0.29) is 59.7 Å². The van der Waals surface area contributed by atoms with Crippen LogP contribution in [0.1, 0.15) is 258 Å². The number of fused-ring (bicyclic) bond motifs is 12. The molecule has 0 radical (unpaired) electrons. The molecule has 10 aliphatic rings. The van der Waals surface area contributed by atoms with Crippen LogP contribution in [0.3, 0.4) is 0 Å². The molecule has 8 aromatic rings. The number of carbonyl (C=O) groups is 2. The third-order valence-electron chi connectivity index (χ3n) is 22.6. The highest BCUT2D eigenvalue weighted by molar-refractivity contribution is 6.22. The van der Waals surface area contributed by atoms with Crippen molar-refractivity contribution in [2.75, 3.05) is 0 Å². The number of hydrogen-bond donors (Lipinski definition) is 0. The fraction of sp³-hybridized carbons (Fsp3) is 0.447. The lowest BCUT2D eigenvalue weighted by Gasteiger charge is -2.41. The maximum Gasteiger partial charge on any atom is 0.307 e. The minimum absolute atomic E-state index is 0.0219. The topological polar surface area (TPSA) is 52.6 Å². The van der Waals surface area contributed by atoms with Crippen molar-refractivity contribution in [3.63, 3.8) is 0 Å². The summed E-state index contributed by atoms with van der Waals surface area (Å²) in [4.78, 5) is 29.4. The highest BCUT2D eigenvalue weighted by Gasteiger charge is 2.58. The Bertz CT molecular complexity index is 3570. The molecule has 18 rings (SSSR count). The van der Waals surface area contributed by atoms with Gasteiger partial charge in [-0.25, -0.2) is 0 Å². The standard InChI is InChI=1S/C76H76O4/c1-5-9-13-17-21-39-51-33-55-43-25-30-48-68-50-32-27-45(63(43)68)57(55)35-53(51)41(23-19-15-11-7-3)71-65(39)59-37-61(77)79-75(71)73-49-31-28-46-58-36-54-42(24-20-16-12-8-4)72-66(60-38-62(78)80-76(72)74(50)70(48)60)40(22-18-14-10-6-2)52(54)34-56(58)44-26-29-47(69(59)73)67(49)64(44)46/h25-36,59-60,69-70,73-76H,5-24,37-38H2,1-4H3/t59-,60-,69?,70?,73?,74?,75+,76+/m1/s1. The van der Waals surface area contributed by atoms with Crippen LogP contribution in [0.25, 0.3) is 87.6 Å². The first kappa shape index (κ1) is 48.4. The van der Waals surface area contributed by atoms with Gasteiger partial charge in [0.25, 0.3) is 0 Å². The van der Waals surface area contributed by atoms with Crippen LogP contribution in [0, 0.1) is 0 Å². The lowest BCUT2D eigenvalue weighted by atomic mass is 9.62. The number of hydrogen-bond acceptors (Lipinski definition) is 4. The van der Waals surface area contributed by atoms with Crippen molar-refractivity contribution in [3.8, 4) is 44.5 Å². The van der Waals surface area contributed by atoms with Gasteiger partial charge >= 0.3 is 11.9 Å². The first-order valence-electron chi connectivity index (χ1n) is 32.3. The molecule has 0 aromatic heterocycles. The van der Waals surface area contributed by atoms with E-state index in [2.05, 4.69) is 100 Å². The molecule has 4 nitrogen and oxygen atoms in total. The largest absolute Gasteiger partial charge is 0.457 e. The highest BCUT2D eigenvalue weighted by atomic mass is 16.5. The molecule has 4 unspecified atom stereocenters. The maximum absolute atomic E-state index is 14.7. The Labute approximate surface area is 472 Å². The molecular weight excluding hydrogens is 977 g/mol. The second-order valence-electron chi connectivity index (χ2n) is 26.6. The van der Waals surface area contributed by atoms with Crippen LogP contribution in [0.15, 0.2) is 72.8 Å². The summed E-state index contributed by atoms with van der Waals surface area (Å²) in [5.74, 6) is 0.438. The van der Waals surface area contributed by atoms with E-state index in [1.54, 1.807) is 0 Å². The van der Waals surface area contributed by atoms with Gasteiger partial charge in [-0.2, -0.15) is 0 Å². The van der Waals surface area contributed by atoms with Crippen molar-refractivity contribution in [1.82, 2.24) is 0 Å². The minimum Gasteiger partial charge on any atom is -0.457 e. The summed E-state index contributed by atoms with van der Waals surface area (Å²) in [5, 5.41) is 11.3. The third-order valence-corrected chi connectivity index (χ3v) is 22.6. The molecule has 8 aromatic carbocycles. The smallest absolute Gasteiger partial charge is 0.307 e. The van der Waals surface area contributed by atoms with Crippen molar-refractivity contribution in [1.29, 1.82) is 0 Å². The molecular formula is C76H76O4. The maximum atomic E-state index is 14.7. The van der Waals surface area contributed by atoms with Gasteiger partial charge in [-0.05, 0) is 219 Å². The Morgan fingerprint density at radius 2 is 0.637 bits per heavy atom. The number of benzene rings is 8. The van der Waals surface area contributed by atoms with Crippen molar-refractivity contribution >= 4 is 55.0 Å². The number of ether oxygens (including phenoxy) is 2. The number of carbonyl (C=O) groups excluding carboxylic acids is 2. The number of unbranched alkanes of at least 4 members (excludes halogenated alkanes) is 12. The Hall–Kier alpha value is -6.26. The van der Waals surface area contributed by atoms with Crippen LogP contribution in [0.4, 0.5) is 0 Å². The van der Waals surface area contributed by atoms with E-state index < -0.39 is 0 Å². The molecule has 2 fully saturated rings. The van der Waals surface area contributed by atoms with Crippen molar-refractivity contribution in [2.24, 2.45) is 0 Å². The lowest BCUT2D eigenvalue weighted by molar-refractivity contribution is -0.149. The molecule has 6 aliphatic carbocycles. The zero-order chi connectivity index (χ0) is 53.4. The fourth-order valence-electron chi connectivity index (χ4n) is 19.5. The van der Waals surface area contributed by atoms with Gasteiger partial charge in [0.1, 0.15) is 12.2 Å². The predicted octanol–water partition coefficient (Wildman–Crippen LogP) is 20.3. The van der Waals surface area contributed by atoms with Gasteiger partial charge in [0.05, 0.1) is 12.8 Å². The van der Waals surface area contributed by atoms with E-state index >= 15 is 0 Å². The van der Waals surface area contributed by atoms with E-state index in [1.807, 2.05) is 0 Å². The second kappa shape index (κ2) is 18.1. The Kier molecular flexibility index (Phi) is 11.0. The molecule has 4 heteroatoms. The van der Waals surface area contributed by atoms with Gasteiger partial charge in [-0.3, -0.25) is 9.59 Å². The Morgan fingerprint density at radius 3 is 0.950 bits per heavy atom. The summed E-state index contributed by atoms with van der Waals surface area (Å²) in [6.07, 6.45) is 23.2. The molecule has 4 aliphatic heterocycles. The van der Waals surface area contributed by atoms with Gasteiger partial charge in [0, 0.05) is 46.6 Å². The van der Waals surface area contributed by atoms with Crippen LogP contribution < -0.4 is 0 Å². The molecule has 80 heavy (non-hydrogen) atoms. The van der Waals surface area contributed by atoms with Gasteiger partial charge in [-0.15, -0.1) is 0 Å². The van der Waals surface area contributed by atoms with Crippen LogP contribution in [-0.4, -0.2) is 11.9 Å². The van der Waals surface area contributed by atoms with Gasteiger partial charge in [0.15, 0.2) is 0 Å². The first-order valence-corrected chi connectivity index (χ1v) is 32.3. The van der Waals surface area contributed by atoms with Crippen LogP contribution >= 0.6 is 0 Å². The van der Waals surface area contributed by atoms with Crippen molar-refractivity contribution in [3.05, 3.63) is 140 Å². The normalized spacial score (nSPS) is 23.4. The molecule has 0 amide bonds. The average Bonchev–Trinajstić information content (AvgIpc) is 3.02. The quantitative estimate of drug-likeness (QED) is 0.0564. The molecule has 0 N–H and O–H groups in total. The SMILES string of the molecule is CCCCCCc1c2c3c(CCCCCC)c4cc5c(cc14)-c1ccc4c6c(ccc-5c16)C1C4[C@@H]4CC(=O)O[C@H]1c1c4c(CCCCCC)c4cc5c(cc4c1CCCCCC)-c1ccc4c6c(ccc-5c16)C1C4[C@H]3OC(=O)C[C@H]21. The summed E-state index contributed by atoms with van der Waals surface area (Å²) < 4.78 is 14.3. The zero-order valence-electron chi connectivity index (χ0n) is 47.7. The summed E-state index contributed by atoms with van der Waals surface area (Å²) in [6.45, 7) is 9.29. The van der Waals surface area contributed by atoms with E-state index in [0.717, 1.165) is 51.4 Å². The lowest BCUT2D eigenvalue weighted by Crippen LogP contribution is -2.28.